The first kappa shape index (κ1) is 11.0. The molecule has 1 aromatic heterocycles. The average Bonchev–Trinajstić information content (AvgIpc) is 2.74. The van der Waals surface area contributed by atoms with Crippen LogP contribution in [0.3, 0.4) is 0 Å². The molecule has 0 amide bonds. The average molecular weight is 236 g/mol. The number of thiazole rings is 1. The Labute approximate surface area is 96.7 Å². The second-order valence-electron chi connectivity index (χ2n) is 3.70. The summed E-state index contributed by atoms with van der Waals surface area (Å²) in [6.45, 7) is 1.81. The van der Waals surface area contributed by atoms with Crippen LogP contribution in [-0.2, 0) is 4.79 Å². The fourth-order valence-electron chi connectivity index (χ4n) is 1.68. The molecule has 0 bridgehead atoms. The van der Waals surface area contributed by atoms with E-state index in [4.69, 9.17) is 10.8 Å². The molecule has 2 aromatic rings. The van der Waals surface area contributed by atoms with Gasteiger partial charge in [0.15, 0.2) is 0 Å². The van der Waals surface area contributed by atoms with Gasteiger partial charge < -0.3 is 10.8 Å². The SMILES string of the molecule is CC(c1cccc2scnc12)C(N)C(=O)O. The molecule has 0 aliphatic rings. The normalized spacial score (nSPS) is 14.9. The van der Waals surface area contributed by atoms with Crippen LogP contribution in [0.25, 0.3) is 10.2 Å². The highest BCUT2D eigenvalue weighted by molar-refractivity contribution is 7.16. The summed E-state index contributed by atoms with van der Waals surface area (Å²) in [5, 5.41) is 8.89. The summed E-state index contributed by atoms with van der Waals surface area (Å²) in [7, 11) is 0. The van der Waals surface area contributed by atoms with E-state index in [0.717, 1.165) is 15.8 Å². The number of carbonyl (C=O) groups is 1. The minimum absolute atomic E-state index is 0.247. The number of rotatable bonds is 3. The number of aliphatic carboxylic acids is 1. The number of hydrogen-bond donors (Lipinski definition) is 2. The first-order valence-electron chi connectivity index (χ1n) is 4.91. The third-order valence-corrected chi connectivity index (χ3v) is 3.50. The van der Waals surface area contributed by atoms with Gasteiger partial charge in [-0.2, -0.15) is 0 Å². The third kappa shape index (κ3) is 1.79. The molecule has 84 valence electrons. The van der Waals surface area contributed by atoms with E-state index in [1.807, 2.05) is 25.1 Å². The van der Waals surface area contributed by atoms with Gasteiger partial charge in [-0.15, -0.1) is 11.3 Å². The molecule has 2 unspecified atom stereocenters. The highest BCUT2D eigenvalue weighted by Gasteiger charge is 2.23. The third-order valence-electron chi connectivity index (χ3n) is 2.71. The van der Waals surface area contributed by atoms with Crippen molar-refractivity contribution in [2.75, 3.05) is 0 Å². The Morgan fingerprint density at radius 3 is 3.00 bits per heavy atom. The number of para-hydroxylation sites is 1. The second kappa shape index (κ2) is 4.19. The lowest BCUT2D eigenvalue weighted by Crippen LogP contribution is -2.35. The summed E-state index contributed by atoms with van der Waals surface area (Å²) in [6, 6.07) is 4.86. The highest BCUT2D eigenvalue weighted by Crippen LogP contribution is 2.28. The highest BCUT2D eigenvalue weighted by atomic mass is 32.1. The Bertz CT molecular complexity index is 523. The van der Waals surface area contributed by atoms with Crippen molar-refractivity contribution < 1.29 is 9.90 Å². The molecular weight excluding hydrogens is 224 g/mol. The van der Waals surface area contributed by atoms with Gasteiger partial charge in [-0.1, -0.05) is 19.1 Å². The van der Waals surface area contributed by atoms with E-state index in [-0.39, 0.29) is 5.92 Å². The summed E-state index contributed by atoms with van der Waals surface area (Å²) < 4.78 is 1.06. The van der Waals surface area contributed by atoms with Gasteiger partial charge in [0.05, 0.1) is 15.7 Å². The van der Waals surface area contributed by atoms with Crippen LogP contribution in [0.2, 0.25) is 0 Å². The van der Waals surface area contributed by atoms with E-state index in [9.17, 15) is 4.79 Å². The molecule has 5 heteroatoms. The number of carboxylic acid groups (broad SMARTS) is 1. The zero-order valence-electron chi connectivity index (χ0n) is 8.75. The van der Waals surface area contributed by atoms with E-state index in [1.54, 1.807) is 5.51 Å². The van der Waals surface area contributed by atoms with Gasteiger partial charge in [-0.05, 0) is 11.6 Å². The summed E-state index contributed by atoms with van der Waals surface area (Å²) in [5.41, 5.74) is 9.14. The largest absolute Gasteiger partial charge is 0.480 e. The Balaban J connectivity index is 2.46. The van der Waals surface area contributed by atoms with Gasteiger partial charge >= 0.3 is 5.97 Å². The summed E-state index contributed by atoms with van der Waals surface area (Å²) in [4.78, 5) is 15.1. The molecule has 0 saturated carbocycles. The maximum atomic E-state index is 10.8. The lowest BCUT2D eigenvalue weighted by Gasteiger charge is -2.16. The van der Waals surface area contributed by atoms with Crippen molar-refractivity contribution in [1.29, 1.82) is 0 Å². The quantitative estimate of drug-likeness (QED) is 0.852. The summed E-state index contributed by atoms with van der Waals surface area (Å²) in [6.07, 6.45) is 0. The summed E-state index contributed by atoms with van der Waals surface area (Å²) >= 11 is 1.54. The van der Waals surface area contributed by atoms with Crippen LogP contribution in [0, 0.1) is 0 Å². The van der Waals surface area contributed by atoms with E-state index >= 15 is 0 Å². The van der Waals surface area contributed by atoms with Crippen LogP contribution in [0.4, 0.5) is 0 Å². The molecule has 0 saturated heterocycles. The minimum Gasteiger partial charge on any atom is -0.480 e. The molecule has 0 radical (unpaired) electrons. The van der Waals surface area contributed by atoms with E-state index in [0.29, 0.717) is 0 Å². The van der Waals surface area contributed by atoms with Crippen molar-refractivity contribution in [3.05, 3.63) is 29.3 Å². The van der Waals surface area contributed by atoms with Crippen LogP contribution in [0.15, 0.2) is 23.7 Å². The maximum Gasteiger partial charge on any atom is 0.321 e. The molecule has 3 N–H and O–H groups in total. The molecule has 0 aliphatic heterocycles. The number of fused-ring (bicyclic) bond motifs is 1. The second-order valence-corrected chi connectivity index (χ2v) is 4.59. The first-order valence-corrected chi connectivity index (χ1v) is 5.79. The number of hydrogen-bond acceptors (Lipinski definition) is 4. The predicted molar refractivity (Wildman–Crippen MR) is 63.6 cm³/mol. The predicted octanol–water partition coefficient (Wildman–Crippen LogP) is 1.81. The van der Waals surface area contributed by atoms with E-state index in [2.05, 4.69) is 4.98 Å². The molecule has 4 nitrogen and oxygen atoms in total. The van der Waals surface area contributed by atoms with Crippen LogP contribution in [0.1, 0.15) is 18.4 Å². The smallest absolute Gasteiger partial charge is 0.321 e. The van der Waals surface area contributed by atoms with Crippen LogP contribution < -0.4 is 5.73 Å². The Hall–Kier alpha value is -1.46. The zero-order chi connectivity index (χ0) is 11.7. The Morgan fingerprint density at radius 2 is 2.31 bits per heavy atom. The molecule has 0 fully saturated rings. The van der Waals surface area contributed by atoms with Crippen molar-refractivity contribution in [2.24, 2.45) is 5.73 Å². The van der Waals surface area contributed by atoms with Crippen LogP contribution in [0.5, 0.6) is 0 Å². The molecule has 0 spiro atoms. The van der Waals surface area contributed by atoms with Gasteiger partial charge in [0.1, 0.15) is 6.04 Å². The zero-order valence-corrected chi connectivity index (χ0v) is 9.57. The van der Waals surface area contributed by atoms with Crippen molar-refractivity contribution in [2.45, 2.75) is 18.9 Å². The van der Waals surface area contributed by atoms with Gasteiger partial charge in [-0.3, -0.25) is 4.79 Å². The molecule has 16 heavy (non-hydrogen) atoms. The Morgan fingerprint density at radius 1 is 1.56 bits per heavy atom. The van der Waals surface area contributed by atoms with Crippen molar-refractivity contribution in [3.8, 4) is 0 Å². The molecular formula is C11H12N2O2S. The number of nitrogens with two attached hydrogens (primary N) is 1. The summed E-state index contributed by atoms with van der Waals surface area (Å²) in [5.74, 6) is -1.23. The fourth-order valence-corrected chi connectivity index (χ4v) is 2.39. The van der Waals surface area contributed by atoms with E-state index in [1.165, 1.54) is 11.3 Å². The minimum atomic E-state index is -0.986. The molecule has 2 atom stereocenters. The van der Waals surface area contributed by atoms with Gasteiger partial charge in [0.2, 0.25) is 0 Å². The van der Waals surface area contributed by atoms with Crippen molar-refractivity contribution in [3.63, 3.8) is 0 Å². The molecule has 0 aliphatic carbocycles. The number of benzene rings is 1. The van der Waals surface area contributed by atoms with Gasteiger partial charge in [0.25, 0.3) is 0 Å². The van der Waals surface area contributed by atoms with Crippen LogP contribution in [-0.4, -0.2) is 22.1 Å². The van der Waals surface area contributed by atoms with Gasteiger partial charge in [-0.25, -0.2) is 4.98 Å². The Kier molecular flexibility index (Phi) is 2.89. The molecule has 1 aromatic carbocycles. The first-order chi connectivity index (χ1) is 7.61. The topological polar surface area (TPSA) is 76.2 Å². The number of aromatic nitrogens is 1. The molecule has 2 rings (SSSR count). The number of nitrogens with zero attached hydrogens (tertiary/aromatic N) is 1. The van der Waals surface area contributed by atoms with E-state index < -0.39 is 12.0 Å². The standard InChI is InChI=1S/C11H12N2O2S/c1-6(9(12)11(14)15)7-3-2-4-8-10(7)13-5-16-8/h2-6,9H,12H2,1H3,(H,14,15). The van der Waals surface area contributed by atoms with Gasteiger partial charge in [0, 0.05) is 5.92 Å². The lowest BCUT2D eigenvalue weighted by atomic mass is 9.93. The molecule has 1 heterocycles. The lowest BCUT2D eigenvalue weighted by molar-refractivity contribution is -0.138. The van der Waals surface area contributed by atoms with Crippen LogP contribution >= 0.6 is 11.3 Å². The monoisotopic (exact) mass is 236 g/mol. The van der Waals surface area contributed by atoms with Crippen molar-refractivity contribution >= 4 is 27.5 Å². The van der Waals surface area contributed by atoms with Crippen molar-refractivity contribution in [1.82, 2.24) is 4.98 Å². The fraction of sp³-hybridized carbons (Fsp3) is 0.273. The number of carboxylic acids is 1. The maximum absolute atomic E-state index is 10.8.